The van der Waals surface area contributed by atoms with Gasteiger partial charge in [0, 0.05) is 17.0 Å². The van der Waals surface area contributed by atoms with Crippen LogP contribution in [0.3, 0.4) is 0 Å². The first kappa shape index (κ1) is 13.3. The lowest BCUT2D eigenvalue weighted by atomic mass is 9.94. The van der Waals surface area contributed by atoms with Crippen LogP contribution < -0.4 is 11.1 Å². The van der Waals surface area contributed by atoms with E-state index in [2.05, 4.69) is 11.6 Å². The summed E-state index contributed by atoms with van der Waals surface area (Å²) in [6, 6.07) is 7.52. The van der Waals surface area contributed by atoms with E-state index in [1.807, 2.05) is 23.9 Å². The van der Waals surface area contributed by atoms with Gasteiger partial charge in [0.1, 0.15) is 0 Å². The van der Waals surface area contributed by atoms with E-state index in [9.17, 15) is 4.79 Å². The maximum Gasteiger partial charge on any atom is 0.253 e. The third-order valence-corrected chi connectivity index (χ3v) is 4.59. The average molecular weight is 264 g/mol. The Hall–Kier alpha value is -1.16. The zero-order chi connectivity index (χ0) is 13.0. The molecule has 1 fully saturated rings. The molecule has 2 atom stereocenters. The molecule has 0 spiro atoms. The van der Waals surface area contributed by atoms with E-state index >= 15 is 0 Å². The van der Waals surface area contributed by atoms with E-state index in [1.54, 1.807) is 12.1 Å². The molecule has 3 N–H and O–H groups in total. The molecule has 0 radical (unpaired) electrons. The van der Waals surface area contributed by atoms with Crippen molar-refractivity contribution in [3.05, 3.63) is 29.8 Å². The molecule has 2 unspecified atom stereocenters. The van der Waals surface area contributed by atoms with Gasteiger partial charge in [-0.2, -0.15) is 11.8 Å². The van der Waals surface area contributed by atoms with Crippen LogP contribution in [0.2, 0.25) is 0 Å². The number of para-hydroxylation sites is 1. The number of thioether (sulfide) groups is 1. The molecular formula is C14H20N2OS. The maximum atomic E-state index is 12.1. The third-order valence-electron chi connectivity index (χ3n) is 3.50. The second-order valence-corrected chi connectivity index (χ2v) is 5.92. The van der Waals surface area contributed by atoms with Crippen molar-refractivity contribution < 1.29 is 4.79 Å². The molecule has 2 rings (SSSR count). The molecule has 1 aliphatic carbocycles. The summed E-state index contributed by atoms with van der Waals surface area (Å²) in [5.41, 5.74) is 6.95. The van der Waals surface area contributed by atoms with E-state index in [-0.39, 0.29) is 5.91 Å². The number of carbonyl (C=O) groups is 1. The van der Waals surface area contributed by atoms with Crippen molar-refractivity contribution in [2.24, 2.45) is 0 Å². The Morgan fingerprint density at radius 3 is 2.89 bits per heavy atom. The Balaban J connectivity index is 1.97. The van der Waals surface area contributed by atoms with Crippen molar-refractivity contribution in [1.29, 1.82) is 0 Å². The summed E-state index contributed by atoms with van der Waals surface area (Å²) in [7, 11) is 0. The highest BCUT2D eigenvalue weighted by Crippen LogP contribution is 2.27. The average Bonchev–Trinajstić information content (AvgIpc) is 2.39. The molecule has 0 saturated heterocycles. The first-order chi connectivity index (χ1) is 8.70. The van der Waals surface area contributed by atoms with Crippen molar-refractivity contribution in [2.75, 3.05) is 12.0 Å². The second kappa shape index (κ2) is 6.14. The predicted molar refractivity (Wildman–Crippen MR) is 77.9 cm³/mol. The lowest BCUT2D eigenvalue weighted by molar-refractivity contribution is 0.0929. The monoisotopic (exact) mass is 264 g/mol. The second-order valence-electron chi connectivity index (χ2n) is 4.78. The Bertz CT molecular complexity index is 422. The lowest BCUT2D eigenvalue weighted by Gasteiger charge is -2.28. The molecule has 18 heavy (non-hydrogen) atoms. The molecule has 4 heteroatoms. The lowest BCUT2D eigenvalue weighted by Crippen LogP contribution is -2.39. The summed E-state index contributed by atoms with van der Waals surface area (Å²) in [4.78, 5) is 12.1. The molecule has 0 aromatic heterocycles. The van der Waals surface area contributed by atoms with Gasteiger partial charge in [-0.15, -0.1) is 0 Å². The van der Waals surface area contributed by atoms with Crippen LogP contribution in [0.4, 0.5) is 5.69 Å². The zero-order valence-corrected chi connectivity index (χ0v) is 11.5. The van der Waals surface area contributed by atoms with Crippen LogP contribution in [0.15, 0.2) is 24.3 Å². The van der Waals surface area contributed by atoms with Gasteiger partial charge >= 0.3 is 0 Å². The quantitative estimate of drug-likeness (QED) is 0.825. The topological polar surface area (TPSA) is 55.1 Å². The molecule has 0 heterocycles. The predicted octanol–water partition coefficient (Wildman–Crippen LogP) is 2.67. The molecule has 1 aromatic carbocycles. The normalized spacial score (nSPS) is 23.6. The number of amides is 1. The van der Waals surface area contributed by atoms with Gasteiger partial charge in [-0.25, -0.2) is 0 Å². The Morgan fingerprint density at radius 1 is 1.39 bits per heavy atom. The van der Waals surface area contributed by atoms with E-state index in [4.69, 9.17) is 5.73 Å². The number of nitrogen functional groups attached to an aromatic ring is 1. The zero-order valence-electron chi connectivity index (χ0n) is 10.7. The number of hydrogen-bond acceptors (Lipinski definition) is 3. The van der Waals surface area contributed by atoms with Crippen molar-refractivity contribution in [3.63, 3.8) is 0 Å². The summed E-state index contributed by atoms with van der Waals surface area (Å²) >= 11 is 1.90. The fraction of sp³-hybridized carbons (Fsp3) is 0.500. The van der Waals surface area contributed by atoms with Crippen LogP contribution in [-0.4, -0.2) is 23.5 Å². The molecule has 3 nitrogen and oxygen atoms in total. The summed E-state index contributed by atoms with van der Waals surface area (Å²) in [6.07, 6.45) is 6.75. The number of carbonyl (C=O) groups excluding carboxylic acids is 1. The molecular weight excluding hydrogens is 244 g/mol. The number of nitrogens with one attached hydrogen (secondary N) is 1. The van der Waals surface area contributed by atoms with Gasteiger partial charge in [-0.1, -0.05) is 18.6 Å². The summed E-state index contributed by atoms with van der Waals surface area (Å²) < 4.78 is 0. The Kier molecular flexibility index (Phi) is 4.53. The summed E-state index contributed by atoms with van der Waals surface area (Å²) in [5.74, 6) is -0.0418. The van der Waals surface area contributed by atoms with Gasteiger partial charge in [-0.05, 0) is 37.7 Å². The smallest absolute Gasteiger partial charge is 0.253 e. The van der Waals surface area contributed by atoms with Crippen LogP contribution in [0, 0.1) is 0 Å². The van der Waals surface area contributed by atoms with E-state index in [0.717, 1.165) is 12.8 Å². The van der Waals surface area contributed by atoms with Crippen molar-refractivity contribution in [2.45, 2.75) is 37.0 Å². The van der Waals surface area contributed by atoms with Crippen LogP contribution in [0.25, 0.3) is 0 Å². The summed E-state index contributed by atoms with van der Waals surface area (Å²) in [5, 5.41) is 3.79. The SMILES string of the molecule is CSC1CCCC(NC(=O)c2ccccc2N)C1. The highest BCUT2D eigenvalue weighted by atomic mass is 32.2. The van der Waals surface area contributed by atoms with Crippen molar-refractivity contribution in [1.82, 2.24) is 5.32 Å². The first-order valence-corrected chi connectivity index (χ1v) is 7.67. The van der Waals surface area contributed by atoms with Crippen LogP contribution in [0.1, 0.15) is 36.0 Å². The fourth-order valence-electron chi connectivity index (χ4n) is 2.46. The Morgan fingerprint density at radius 2 is 2.17 bits per heavy atom. The minimum atomic E-state index is -0.0418. The summed E-state index contributed by atoms with van der Waals surface area (Å²) in [6.45, 7) is 0. The molecule has 0 aliphatic heterocycles. The van der Waals surface area contributed by atoms with E-state index in [0.29, 0.717) is 22.5 Å². The van der Waals surface area contributed by atoms with Crippen LogP contribution in [-0.2, 0) is 0 Å². The van der Waals surface area contributed by atoms with Crippen LogP contribution in [0.5, 0.6) is 0 Å². The van der Waals surface area contributed by atoms with Crippen molar-refractivity contribution >= 4 is 23.4 Å². The van der Waals surface area contributed by atoms with E-state index < -0.39 is 0 Å². The minimum Gasteiger partial charge on any atom is -0.398 e. The third kappa shape index (κ3) is 3.19. The van der Waals surface area contributed by atoms with Crippen LogP contribution >= 0.6 is 11.8 Å². The molecule has 98 valence electrons. The maximum absolute atomic E-state index is 12.1. The minimum absolute atomic E-state index is 0.0418. The van der Waals surface area contributed by atoms with Gasteiger partial charge in [0.25, 0.3) is 5.91 Å². The highest BCUT2D eigenvalue weighted by molar-refractivity contribution is 7.99. The van der Waals surface area contributed by atoms with Gasteiger partial charge in [0.05, 0.1) is 5.56 Å². The highest BCUT2D eigenvalue weighted by Gasteiger charge is 2.23. The van der Waals surface area contributed by atoms with Gasteiger partial charge in [-0.3, -0.25) is 4.79 Å². The van der Waals surface area contributed by atoms with E-state index in [1.165, 1.54) is 12.8 Å². The largest absolute Gasteiger partial charge is 0.398 e. The Labute approximate surface area is 113 Å². The number of benzene rings is 1. The molecule has 1 amide bonds. The first-order valence-electron chi connectivity index (χ1n) is 6.39. The number of hydrogen-bond donors (Lipinski definition) is 2. The van der Waals surface area contributed by atoms with Gasteiger partial charge in [0.2, 0.25) is 0 Å². The fourth-order valence-corrected chi connectivity index (χ4v) is 3.28. The molecule has 1 saturated carbocycles. The number of rotatable bonds is 3. The standard InChI is InChI=1S/C14H20N2OS/c1-18-11-6-4-5-10(9-11)16-14(17)12-7-2-3-8-13(12)15/h2-3,7-8,10-11H,4-6,9,15H2,1H3,(H,16,17). The van der Waals surface area contributed by atoms with Gasteiger partial charge < -0.3 is 11.1 Å². The number of anilines is 1. The molecule has 1 aromatic rings. The number of nitrogens with two attached hydrogens (primary N) is 1. The van der Waals surface area contributed by atoms with Crippen molar-refractivity contribution in [3.8, 4) is 0 Å². The molecule has 1 aliphatic rings. The molecule has 0 bridgehead atoms. The van der Waals surface area contributed by atoms with Gasteiger partial charge in [0.15, 0.2) is 0 Å².